The normalized spacial score (nSPS) is 11.7. The fourth-order valence-corrected chi connectivity index (χ4v) is 3.30. The minimum Gasteiger partial charge on any atom is -0.356 e. The number of nitrogens with zero attached hydrogens (tertiary/aromatic N) is 2. The van der Waals surface area contributed by atoms with Gasteiger partial charge in [-0.15, -0.1) is 0 Å². The maximum atomic E-state index is 12.5. The van der Waals surface area contributed by atoms with Crippen LogP contribution >= 0.6 is 0 Å². The van der Waals surface area contributed by atoms with Crippen molar-refractivity contribution in [1.29, 1.82) is 0 Å². The standard InChI is InChI=1S/C15H14N2O3S/c1-17(12-7-3-2-4-8-12)21(18,19)11-14-13-9-5-6-10-15(13)20-16-14/h2-10H,11H2,1H3. The van der Waals surface area contributed by atoms with Crippen molar-refractivity contribution in [2.24, 2.45) is 0 Å². The molecule has 5 nitrogen and oxygen atoms in total. The Morgan fingerprint density at radius 1 is 1.05 bits per heavy atom. The quantitative estimate of drug-likeness (QED) is 0.743. The fraction of sp³-hybridized carbons (Fsp3) is 0.133. The molecular weight excluding hydrogens is 288 g/mol. The van der Waals surface area contributed by atoms with Crippen molar-refractivity contribution in [3.63, 3.8) is 0 Å². The zero-order valence-corrected chi connectivity index (χ0v) is 12.2. The Morgan fingerprint density at radius 3 is 2.48 bits per heavy atom. The number of para-hydroxylation sites is 2. The molecule has 0 spiro atoms. The van der Waals surface area contributed by atoms with Crippen LogP contribution in [-0.4, -0.2) is 20.6 Å². The maximum absolute atomic E-state index is 12.5. The molecule has 1 heterocycles. The first-order chi connectivity index (χ1) is 10.1. The number of anilines is 1. The van der Waals surface area contributed by atoms with Gasteiger partial charge in [0.05, 0.1) is 5.69 Å². The summed E-state index contributed by atoms with van der Waals surface area (Å²) >= 11 is 0. The van der Waals surface area contributed by atoms with E-state index in [4.69, 9.17) is 4.52 Å². The van der Waals surface area contributed by atoms with Crippen molar-refractivity contribution >= 4 is 26.7 Å². The molecule has 0 saturated heterocycles. The van der Waals surface area contributed by atoms with Gasteiger partial charge in [-0.2, -0.15) is 0 Å². The van der Waals surface area contributed by atoms with E-state index < -0.39 is 10.0 Å². The lowest BCUT2D eigenvalue weighted by atomic mass is 10.2. The van der Waals surface area contributed by atoms with Crippen LogP contribution in [0.5, 0.6) is 0 Å². The molecule has 0 aliphatic carbocycles. The minimum absolute atomic E-state index is 0.199. The molecule has 0 bridgehead atoms. The van der Waals surface area contributed by atoms with E-state index in [0.29, 0.717) is 17.0 Å². The van der Waals surface area contributed by atoms with Crippen LogP contribution in [0.15, 0.2) is 59.1 Å². The van der Waals surface area contributed by atoms with Gasteiger partial charge in [-0.3, -0.25) is 4.31 Å². The number of hydrogen-bond acceptors (Lipinski definition) is 4. The molecule has 3 aromatic rings. The Kier molecular flexibility index (Phi) is 3.39. The summed E-state index contributed by atoms with van der Waals surface area (Å²) in [4.78, 5) is 0. The lowest BCUT2D eigenvalue weighted by Crippen LogP contribution is -2.27. The number of hydrogen-bond donors (Lipinski definition) is 0. The molecule has 0 radical (unpaired) electrons. The van der Waals surface area contributed by atoms with E-state index in [0.717, 1.165) is 5.39 Å². The van der Waals surface area contributed by atoms with E-state index in [1.807, 2.05) is 18.2 Å². The van der Waals surface area contributed by atoms with E-state index in [1.54, 1.807) is 36.4 Å². The van der Waals surface area contributed by atoms with E-state index in [1.165, 1.54) is 11.4 Å². The van der Waals surface area contributed by atoms with Crippen molar-refractivity contribution in [3.05, 3.63) is 60.3 Å². The minimum atomic E-state index is -3.52. The Morgan fingerprint density at radius 2 is 1.71 bits per heavy atom. The second-order valence-electron chi connectivity index (χ2n) is 4.68. The number of sulfonamides is 1. The molecule has 0 N–H and O–H groups in total. The van der Waals surface area contributed by atoms with Gasteiger partial charge in [0.1, 0.15) is 11.4 Å². The highest BCUT2D eigenvalue weighted by atomic mass is 32.2. The summed E-state index contributed by atoms with van der Waals surface area (Å²) in [6.07, 6.45) is 0. The van der Waals surface area contributed by atoms with Crippen LogP contribution in [0.1, 0.15) is 5.69 Å². The molecule has 6 heteroatoms. The van der Waals surface area contributed by atoms with Gasteiger partial charge in [0.25, 0.3) is 0 Å². The van der Waals surface area contributed by atoms with Crippen molar-refractivity contribution in [2.45, 2.75) is 5.75 Å². The van der Waals surface area contributed by atoms with Crippen LogP contribution in [0.25, 0.3) is 11.0 Å². The molecule has 3 rings (SSSR count). The second-order valence-corrected chi connectivity index (χ2v) is 6.68. The molecule has 2 aromatic carbocycles. The predicted octanol–water partition coefficient (Wildman–Crippen LogP) is 2.79. The first-order valence-electron chi connectivity index (χ1n) is 6.43. The maximum Gasteiger partial charge on any atom is 0.240 e. The van der Waals surface area contributed by atoms with Crippen LogP contribution in [-0.2, 0) is 15.8 Å². The molecule has 0 aliphatic rings. The highest BCUT2D eigenvalue weighted by molar-refractivity contribution is 7.92. The summed E-state index contributed by atoms with van der Waals surface area (Å²) in [7, 11) is -1.98. The highest BCUT2D eigenvalue weighted by Crippen LogP contribution is 2.23. The molecule has 0 unspecified atom stereocenters. The average molecular weight is 302 g/mol. The molecule has 0 fully saturated rings. The van der Waals surface area contributed by atoms with Gasteiger partial charge in [0, 0.05) is 12.4 Å². The lowest BCUT2D eigenvalue weighted by Gasteiger charge is -2.18. The van der Waals surface area contributed by atoms with Crippen molar-refractivity contribution in [2.75, 3.05) is 11.4 Å². The second kappa shape index (κ2) is 5.21. The molecular formula is C15H14N2O3S. The predicted molar refractivity (Wildman–Crippen MR) is 81.5 cm³/mol. The van der Waals surface area contributed by atoms with Crippen molar-refractivity contribution in [3.8, 4) is 0 Å². The molecule has 0 atom stereocenters. The molecule has 0 amide bonds. The summed E-state index contributed by atoms with van der Waals surface area (Å²) in [6, 6.07) is 16.2. The van der Waals surface area contributed by atoms with Gasteiger partial charge in [-0.05, 0) is 24.3 Å². The number of benzene rings is 2. The molecule has 108 valence electrons. The van der Waals surface area contributed by atoms with E-state index in [9.17, 15) is 8.42 Å². The monoisotopic (exact) mass is 302 g/mol. The smallest absolute Gasteiger partial charge is 0.240 e. The Hall–Kier alpha value is -2.34. The number of fused-ring (bicyclic) bond motifs is 1. The largest absolute Gasteiger partial charge is 0.356 e. The summed E-state index contributed by atoms with van der Waals surface area (Å²) in [5.74, 6) is -0.199. The van der Waals surface area contributed by atoms with E-state index in [-0.39, 0.29) is 5.75 Å². The molecule has 1 aromatic heterocycles. The molecule has 0 saturated carbocycles. The van der Waals surface area contributed by atoms with E-state index in [2.05, 4.69) is 5.16 Å². The average Bonchev–Trinajstić information content (AvgIpc) is 2.90. The Bertz CT molecular complexity index is 857. The Balaban J connectivity index is 1.93. The van der Waals surface area contributed by atoms with Crippen LogP contribution in [0.2, 0.25) is 0 Å². The zero-order valence-electron chi connectivity index (χ0n) is 11.4. The van der Waals surface area contributed by atoms with Gasteiger partial charge in [0.15, 0.2) is 5.58 Å². The lowest BCUT2D eigenvalue weighted by molar-refractivity contribution is 0.448. The number of aromatic nitrogens is 1. The van der Waals surface area contributed by atoms with Crippen LogP contribution in [0.3, 0.4) is 0 Å². The van der Waals surface area contributed by atoms with Gasteiger partial charge < -0.3 is 4.52 Å². The summed E-state index contributed by atoms with van der Waals surface area (Å²) in [5.41, 5.74) is 1.63. The summed E-state index contributed by atoms with van der Waals surface area (Å²) < 4.78 is 31.4. The van der Waals surface area contributed by atoms with E-state index >= 15 is 0 Å². The Labute approximate surface area is 122 Å². The van der Waals surface area contributed by atoms with Gasteiger partial charge in [-0.1, -0.05) is 35.5 Å². The first-order valence-corrected chi connectivity index (χ1v) is 8.04. The third-order valence-corrected chi connectivity index (χ3v) is 4.99. The van der Waals surface area contributed by atoms with Crippen LogP contribution in [0, 0.1) is 0 Å². The summed E-state index contributed by atoms with van der Waals surface area (Å²) in [6.45, 7) is 0. The zero-order chi connectivity index (χ0) is 14.9. The van der Waals surface area contributed by atoms with Gasteiger partial charge in [0.2, 0.25) is 10.0 Å². The molecule has 0 aliphatic heterocycles. The van der Waals surface area contributed by atoms with Gasteiger partial charge >= 0.3 is 0 Å². The van der Waals surface area contributed by atoms with Crippen molar-refractivity contribution in [1.82, 2.24) is 5.16 Å². The van der Waals surface area contributed by atoms with Crippen LogP contribution < -0.4 is 4.31 Å². The fourth-order valence-electron chi connectivity index (χ4n) is 2.11. The number of rotatable bonds is 4. The highest BCUT2D eigenvalue weighted by Gasteiger charge is 2.22. The van der Waals surface area contributed by atoms with Crippen molar-refractivity contribution < 1.29 is 12.9 Å². The third kappa shape index (κ3) is 2.62. The summed E-state index contributed by atoms with van der Waals surface area (Å²) in [5, 5.41) is 4.60. The topological polar surface area (TPSA) is 63.4 Å². The SMILES string of the molecule is CN(c1ccccc1)S(=O)(=O)Cc1noc2ccccc12. The first kappa shape index (κ1) is 13.6. The third-order valence-electron chi connectivity index (χ3n) is 3.31. The van der Waals surface area contributed by atoms with Gasteiger partial charge in [-0.25, -0.2) is 8.42 Å². The molecule has 21 heavy (non-hydrogen) atoms. The van der Waals surface area contributed by atoms with Crippen LogP contribution in [0.4, 0.5) is 5.69 Å².